The summed E-state index contributed by atoms with van der Waals surface area (Å²) in [6.45, 7) is 4.32. The molecule has 0 amide bonds. The van der Waals surface area contributed by atoms with Gasteiger partial charge in [0.05, 0.1) is 17.6 Å². The first-order valence-corrected chi connectivity index (χ1v) is 8.01. The highest BCUT2D eigenvalue weighted by Crippen LogP contribution is 2.43. The molecule has 0 radical (unpaired) electrons. The molecular formula is C14H25NOS. The van der Waals surface area contributed by atoms with Crippen molar-refractivity contribution in [1.82, 2.24) is 0 Å². The van der Waals surface area contributed by atoms with Gasteiger partial charge in [-0.15, -0.1) is 0 Å². The summed E-state index contributed by atoms with van der Waals surface area (Å²) in [5.74, 6) is 2.69. The van der Waals surface area contributed by atoms with Crippen LogP contribution in [-0.4, -0.2) is 22.7 Å². The van der Waals surface area contributed by atoms with Crippen LogP contribution < -0.4 is 0 Å². The SMILES string of the molecule is CCSCCC(O)C1(C#N)CCCC(CC)C1. The summed E-state index contributed by atoms with van der Waals surface area (Å²) in [6, 6.07) is 2.45. The molecule has 0 aliphatic heterocycles. The number of nitriles is 1. The number of hydrogen-bond donors (Lipinski definition) is 1. The van der Waals surface area contributed by atoms with Crippen molar-refractivity contribution in [2.45, 2.75) is 58.5 Å². The minimum Gasteiger partial charge on any atom is -0.391 e. The number of thioether (sulfide) groups is 1. The van der Waals surface area contributed by atoms with Crippen LogP contribution in [0.25, 0.3) is 0 Å². The highest BCUT2D eigenvalue weighted by molar-refractivity contribution is 7.99. The molecule has 0 saturated heterocycles. The van der Waals surface area contributed by atoms with E-state index in [1.165, 1.54) is 6.42 Å². The van der Waals surface area contributed by atoms with Crippen LogP contribution in [0.3, 0.4) is 0 Å². The zero-order valence-electron chi connectivity index (χ0n) is 11.1. The van der Waals surface area contributed by atoms with E-state index in [1.807, 2.05) is 11.8 Å². The molecule has 3 heteroatoms. The van der Waals surface area contributed by atoms with Crippen molar-refractivity contribution in [2.24, 2.45) is 11.3 Å². The van der Waals surface area contributed by atoms with Crippen LogP contribution >= 0.6 is 11.8 Å². The topological polar surface area (TPSA) is 44.0 Å². The Bertz CT molecular complexity index is 263. The standard InChI is InChI=1S/C14H25NOS/c1-3-12-6-5-8-14(10-12,11-15)13(16)7-9-17-4-2/h12-13,16H,3-10H2,1-2H3. The van der Waals surface area contributed by atoms with E-state index in [1.54, 1.807) is 0 Å². The molecule has 2 nitrogen and oxygen atoms in total. The Hall–Kier alpha value is -0.200. The molecule has 1 N–H and O–H groups in total. The Balaban J connectivity index is 2.57. The number of aliphatic hydroxyl groups excluding tert-OH is 1. The van der Waals surface area contributed by atoms with Gasteiger partial charge in [-0.2, -0.15) is 17.0 Å². The Morgan fingerprint density at radius 3 is 2.88 bits per heavy atom. The third-order valence-corrected chi connectivity index (χ3v) is 5.00. The number of aliphatic hydroxyl groups is 1. The molecule has 0 spiro atoms. The second-order valence-electron chi connectivity index (χ2n) is 5.14. The fraction of sp³-hybridized carbons (Fsp3) is 0.929. The highest BCUT2D eigenvalue weighted by Gasteiger charge is 2.41. The Labute approximate surface area is 110 Å². The van der Waals surface area contributed by atoms with Crippen molar-refractivity contribution in [2.75, 3.05) is 11.5 Å². The van der Waals surface area contributed by atoms with E-state index < -0.39 is 11.5 Å². The molecule has 1 aliphatic carbocycles. The quantitative estimate of drug-likeness (QED) is 0.737. The maximum atomic E-state index is 10.3. The number of nitrogens with zero attached hydrogens (tertiary/aromatic N) is 1. The first-order valence-electron chi connectivity index (χ1n) is 6.85. The molecule has 1 rings (SSSR count). The van der Waals surface area contributed by atoms with Crippen LogP contribution in [0.5, 0.6) is 0 Å². The summed E-state index contributed by atoms with van der Waals surface area (Å²) in [6.07, 6.45) is 5.60. The molecular weight excluding hydrogens is 230 g/mol. The molecule has 17 heavy (non-hydrogen) atoms. The van der Waals surface area contributed by atoms with Gasteiger partial charge in [-0.05, 0) is 36.7 Å². The molecule has 0 aromatic heterocycles. The first kappa shape index (κ1) is 14.9. The number of rotatable bonds is 6. The van der Waals surface area contributed by atoms with E-state index in [0.29, 0.717) is 5.92 Å². The second kappa shape index (κ2) is 7.28. The predicted octanol–water partition coefficient (Wildman–Crippen LogP) is 3.60. The van der Waals surface area contributed by atoms with Crippen LogP contribution in [0, 0.1) is 22.7 Å². The minimum absolute atomic E-state index is 0.430. The van der Waals surface area contributed by atoms with E-state index >= 15 is 0 Å². The van der Waals surface area contributed by atoms with Gasteiger partial charge in [-0.25, -0.2) is 0 Å². The van der Waals surface area contributed by atoms with Crippen LogP contribution in [0.1, 0.15) is 52.4 Å². The first-order chi connectivity index (χ1) is 8.18. The number of hydrogen-bond acceptors (Lipinski definition) is 3. The summed E-state index contributed by atoms with van der Waals surface area (Å²) >= 11 is 1.85. The summed E-state index contributed by atoms with van der Waals surface area (Å²) in [7, 11) is 0. The Morgan fingerprint density at radius 1 is 1.53 bits per heavy atom. The van der Waals surface area contributed by atoms with E-state index in [2.05, 4.69) is 19.9 Å². The van der Waals surface area contributed by atoms with Gasteiger partial charge < -0.3 is 5.11 Å². The van der Waals surface area contributed by atoms with Gasteiger partial charge in [0.15, 0.2) is 0 Å². The minimum atomic E-state index is -0.451. The third kappa shape index (κ3) is 3.89. The predicted molar refractivity (Wildman–Crippen MR) is 73.9 cm³/mol. The maximum Gasteiger partial charge on any atom is 0.0835 e. The lowest BCUT2D eigenvalue weighted by Crippen LogP contribution is -2.39. The van der Waals surface area contributed by atoms with Gasteiger partial charge in [-0.1, -0.05) is 33.1 Å². The van der Waals surface area contributed by atoms with Crippen LogP contribution in [0.2, 0.25) is 0 Å². The molecule has 1 saturated carbocycles. The fourth-order valence-corrected chi connectivity index (χ4v) is 3.55. The van der Waals surface area contributed by atoms with E-state index in [9.17, 15) is 10.4 Å². The van der Waals surface area contributed by atoms with Gasteiger partial charge in [-0.3, -0.25) is 0 Å². The van der Waals surface area contributed by atoms with E-state index in [0.717, 1.165) is 43.6 Å². The van der Waals surface area contributed by atoms with Crippen molar-refractivity contribution in [3.05, 3.63) is 0 Å². The fourth-order valence-electron chi connectivity index (χ4n) is 2.87. The van der Waals surface area contributed by atoms with Crippen LogP contribution in [0.15, 0.2) is 0 Å². The highest BCUT2D eigenvalue weighted by atomic mass is 32.2. The van der Waals surface area contributed by atoms with Crippen molar-refractivity contribution in [3.8, 4) is 6.07 Å². The zero-order chi connectivity index (χ0) is 12.7. The average Bonchev–Trinajstić information content (AvgIpc) is 2.38. The molecule has 3 atom stereocenters. The monoisotopic (exact) mass is 255 g/mol. The smallest absolute Gasteiger partial charge is 0.0835 e. The van der Waals surface area contributed by atoms with Crippen molar-refractivity contribution >= 4 is 11.8 Å². The summed E-state index contributed by atoms with van der Waals surface area (Å²) in [5.41, 5.74) is -0.451. The van der Waals surface area contributed by atoms with Crippen molar-refractivity contribution in [1.29, 1.82) is 5.26 Å². The molecule has 3 unspecified atom stereocenters. The lowest BCUT2D eigenvalue weighted by atomic mass is 9.66. The zero-order valence-corrected chi connectivity index (χ0v) is 11.9. The summed E-state index contributed by atoms with van der Waals surface area (Å²) < 4.78 is 0. The molecule has 0 aromatic carbocycles. The molecule has 1 aliphatic rings. The van der Waals surface area contributed by atoms with Gasteiger partial charge in [0.1, 0.15) is 0 Å². The van der Waals surface area contributed by atoms with E-state index in [4.69, 9.17) is 0 Å². The lowest BCUT2D eigenvalue weighted by molar-refractivity contribution is 0.0184. The van der Waals surface area contributed by atoms with E-state index in [-0.39, 0.29) is 0 Å². The third-order valence-electron chi connectivity index (χ3n) is 4.07. The van der Waals surface area contributed by atoms with Crippen molar-refractivity contribution < 1.29 is 5.11 Å². The Kier molecular flexibility index (Phi) is 6.37. The van der Waals surface area contributed by atoms with Gasteiger partial charge in [0.25, 0.3) is 0 Å². The van der Waals surface area contributed by atoms with Crippen LogP contribution in [0.4, 0.5) is 0 Å². The molecule has 0 aromatic rings. The van der Waals surface area contributed by atoms with Gasteiger partial charge in [0, 0.05) is 0 Å². The van der Waals surface area contributed by atoms with Crippen molar-refractivity contribution in [3.63, 3.8) is 0 Å². The summed E-state index contributed by atoms with van der Waals surface area (Å²) in [4.78, 5) is 0. The molecule has 98 valence electrons. The average molecular weight is 255 g/mol. The molecule has 1 fully saturated rings. The normalized spacial score (nSPS) is 30.8. The molecule has 0 bridgehead atoms. The maximum absolute atomic E-state index is 10.3. The van der Waals surface area contributed by atoms with Gasteiger partial charge in [0.2, 0.25) is 0 Å². The van der Waals surface area contributed by atoms with Gasteiger partial charge >= 0.3 is 0 Å². The lowest BCUT2D eigenvalue weighted by Gasteiger charge is -2.38. The summed E-state index contributed by atoms with van der Waals surface area (Å²) in [5, 5.41) is 19.8. The largest absolute Gasteiger partial charge is 0.391 e. The molecule has 0 heterocycles. The van der Waals surface area contributed by atoms with Crippen LogP contribution in [-0.2, 0) is 0 Å². The Morgan fingerprint density at radius 2 is 2.29 bits per heavy atom. The second-order valence-corrected chi connectivity index (χ2v) is 6.53.